The zero-order chi connectivity index (χ0) is 7.90. The van der Waals surface area contributed by atoms with Gasteiger partial charge in [0.2, 0.25) is 0 Å². The first-order chi connectivity index (χ1) is 5.24. The van der Waals surface area contributed by atoms with E-state index in [9.17, 15) is 5.11 Å². The number of likely N-dealkylation sites (tertiary alicyclic amines) is 1. The second-order valence-electron chi connectivity index (χ2n) is 3.81. The number of hydrogen-bond donors (Lipinski definition) is 2. The lowest BCUT2D eigenvalue weighted by Gasteiger charge is -2.46. The SMILES string of the molecule is OCCN1CC(O)(C2CC2)C1. The van der Waals surface area contributed by atoms with Crippen molar-refractivity contribution in [3.63, 3.8) is 0 Å². The maximum absolute atomic E-state index is 9.82. The molecule has 0 bridgehead atoms. The fourth-order valence-corrected chi connectivity index (χ4v) is 1.91. The molecule has 2 N–H and O–H groups in total. The third-order valence-electron chi connectivity index (χ3n) is 2.75. The van der Waals surface area contributed by atoms with E-state index in [0.717, 1.165) is 19.6 Å². The highest BCUT2D eigenvalue weighted by Crippen LogP contribution is 2.44. The Labute approximate surface area is 66.6 Å². The van der Waals surface area contributed by atoms with Crippen molar-refractivity contribution in [3.8, 4) is 0 Å². The van der Waals surface area contributed by atoms with E-state index in [0.29, 0.717) is 5.92 Å². The van der Waals surface area contributed by atoms with Crippen LogP contribution in [-0.2, 0) is 0 Å². The van der Waals surface area contributed by atoms with Crippen molar-refractivity contribution in [1.29, 1.82) is 0 Å². The van der Waals surface area contributed by atoms with Crippen LogP contribution in [0.15, 0.2) is 0 Å². The van der Waals surface area contributed by atoms with Crippen LogP contribution in [0, 0.1) is 5.92 Å². The lowest BCUT2D eigenvalue weighted by molar-refractivity contribution is -0.115. The Morgan fingerprint density at radius 1 is 1.36 bits per heavy atom. The van der Waals surface area contributed by atoms with Gasteiger partial charge in [0, 0.05) is 19.6 Å². The molecule has 1 saturated heterocycles. The fraction of sp³-hybridized carbons (Fsp3) is 1.00. The van der Waals surface area contributed by atoms with Crippen LogP contribution >= 0.6 is 0 Å². The summed E-state index contributed by atoms with van der Waals surface area (Å²) < 4.78 is 0. The number of aliphatic hydroxyl groups excluding tert-OH is 1. The normalized spacial score (nSPS) is 30.0. The molecule has 0 amide bonds. The predicted octanol–water partition coefficient (Wildman–Crippen LogP) is -0.565. The number of β-amino-alcohol motifs (C(OH)–C–C–N with tert-alkyl or cyclic N) is 2. The van der Waals surface area contributed by atoms with E-state index in [1.54, 1.807) is 0 Å². The van der Waals surface area contributed by atoms with Crippen molar-refractivity contribution < 1.29 is 10.2 Å². The van der Waals surface area contributed by atoms with Crippen molar-refractivity contribution in [2.45, 2.75) is 18.4 Å². The smallest absolute Gasteiger partial charge is 0.0928 e. The molecule has 0 atom stereocenters. The molecule has 2 fully saturated rings. The molecule has 2 rings (SSSR count). The van der Waals surface area contributed by atoms with Crippen LogP contribution in [-0.4, -0.2) is 47.0 Å². The van der Waals surface area contributed by atoms with E-state index in [1.807, 2.05) is 0 Å². The molecule has 3 nitrogen and oxygen atoms in total. The minimum absolute atomic E-state index is 0.209. The zero-order valence-electron chi connectivity index (χ0n) is 6.66. The quantitative estimate of drug-likeness (QED) is 0.577. The van der Waals surface area contributed by atoms with Crippen LogP contribution in [0.5, 0.6) is 0 Å². The van der Waals surface area contributed by atoms with Gasteiger partial charge in [-0.05, 0) is 18.8 Å². The predicted molar refractivity (Wildman–Crippen MR) is 41.2 cm³/mol. The van der Waals surface area contributed by atoms with Gasteiger partial charge in [0.25, 0.3) is 0 Å². The molecule has 0 aromatic heterocycles. The van der Waals surface area contributed by atoms with Gasteiger partial charge in [-0.15, -0.1) is 0 Å². The molecule has 1 aliphatic heterocycles. The van der Waals surface area contributed by atoms with Crippen LogP contribution in [0.4, 0.5) is 0 Å². The van der Waals surface area contributed by atoms with Gasteiger partial charge in [0.05, 0.1) is 12.2 Å². The number of hydrogen-bond acceptors (Lipinski definition) is 3. The van der Waals surface area contributed by atoms with Gasteiger partial charge in [-0.3, -0.25) is 4.90 Å². The lowest BCUT2D eigenvalue weighted by Crippen LogP contribution is -2.63. The van der Waals surface area contributed by atoms with Crippen LogP contribution in [0.3, 0.4) is 0 Å². The van der Waals surface area contributed by atoms with E-state index in [1.165, 1.54) is 12.8 Å². The molecule has 2 aliphatic rings. The Kier molecular flexibility index (Phi) is 1.67. The summed E-state index contributed by atoms with van der Waals surface area (Å²) in [5.74, 6) is 0.567. The molecule has 1 heterocycles. The molecule has 1 aliphatic carbocycles. The Hall–Kier alpha value is -0.120. The first-order valence-electron chi connectivity index (χ1n) is 4.30. The average Bonchev–Trinajstić information content (AvgIpc) is 2.65. The molecule has 0 spiro atoms. The second-order valence-corrected chi connectivity index (χ2v) is 3.81. The molecular weight excluding hydrogens is 142 g/mol. The van der Waals surface area contributed by atoms with E-state index in [4.69, 9.17) is 5.11 Å². The molecule has 3 heteroatoms. The third-order valence-corrected chi connectivity index (χ3v) is 2.75. The molecule has 0 aromatic carbocycles. The first-order valence-corrected chi connectivity index (χ1v) is 4.30. The summed E-state index contributed by atoms with van der Waals surface area (Å²) in [4.78, 5) is 2.10. The highest BCUT2D eigenvalue weighted by Gasteiger charge is 2.51. The van der Waals surface area contributed by atoms with E-state index < -0.39 is 0 Å². The van der Waals surface area contributed by atoms with Crippen molar-refractivity contribution in [1.82, 2.24) is 4.90 Å². The highest BCUT2D eigenvalue weighted by atomic mass is 16.3. The molecule has 0 unspecified atom stereocenters. The monoisotopic (exact) mass is 157 g/mol. The van der Waals surface area contributed by atoms with Gasteiger partial charge in [0.15, 0.2) is 0 Å². The van der Waals surface area contributed by atoms with Crippen LogP contribution in [0.2, 0.25) is 0 Å². The van der Waals surface area contributed by atoms with Gasteiger partial charge in [-0.25, -0.2) is 0 Å². The summed E-state index contributed by atoms with van der Waals surface area (Å²) >= 11 is 0. The standard InChI is InChI=1S/C8H15NO2/c10-4-3-9-5-8(11,6-9)7-1-2-7/h7,10-11H,1-6H2. The average molecular weight is 157 g/mol. The Morgan fingerprint density at radius 3 is 2.45 bits per heavy atom. The summed E-state index contributed by atoms with van der Waals surface area (Å²) in [5, 5.41) is 18.4. The largest absolute Gasteiger partial charge is 0.395 e. The number of nitrogens with zero attached hydrogens (tertiary/aromatic N) is 1. The third kappa shape index (κ3) is 1.28. The van der Waals surface area contributed by atoms with Crippen molar-refractivity contribution in [3.05, 3.63) is 0 Å². The van der Waals surface area contributed by atoms with Crippen LogP contribution < -0.4 is 0 Å². The minimum atomic E-state index is -0.380. The van der Waals surface area contributed by atoms with Crippen molar-refractivity contribution >= 4 is 0 Å². The Balaban J connectivity index is 1.76. The summed E-state index contributed by atoms with van der Waals surface area (Å²) in [6.07, 6.45) is 2.40. The molecule has 0 aromatic rings. The Morgan fingerprint density at radius 2 is 2.00 bits per heavy atom. The fourth-order valence-electron chi connectivity index (χ4n) is 1.91. The molecule has 64 valence electrons. The molecule has 11 heavy (non-hydrogen) atoms. The molecule has 0 radical (unpaired) electrons. The Bertz CT molecular complexity index is 150. The minimum Gasteiger partial charge on any atom is -0.395 e. The molecule has 1 saturated carbocycles. The maximum Gasteiger partial charge on any atom is 0.0928 e. The zero-order valence-corrected chi connectivity index (χ0v) is 6.66. The van der Waals surface area contributed by atoms with E-state index in [2.05, 4.69) is 4.90 Å². The summed E-state index contributed by atoms with van der Waals surface area (Å²) in [7, 11) is 0. The van der Waals surface area contributed by atoms with Crippen LogP contribution in [0.1, 0.15) is 12.8 Å². The topological polar surface area (TPSA) is 43.7 Å². The summed E-state index contributed by atoms with van der Waals surface area (Å²) in [6, 6.07) is 0. The highest BCUT2D eigenvalue weighted by molar-refractivity contribution is 5.04. The maximum atomic E-state index is 9.82. The summed E-state index contributed by atoms with van der Waals surface area (Å²) in [5.41, 5.74) is -0.380. The second kappa shape index (κ2) is 2.44. The number of rotatable bonds is 3. The van der Waals surface area contributed by atoms with Gasteiger partial charge < -0.3 is 10.2 Å². The van der Waals surface area contributed by atoms with Crippen molar-refractivity contribution in [2.75, 3.05) is 26.2 Å². The van der Waals surface area contributed by atoms with Crippen molar-refractivity contribution in [2.24, 2.45) is 5.92 Å². The lowest BCUT2D eigenvalue weighted by atomic mass is 9.89. The van der Waals surface area contributed by atoms with Gasteiger partial charge in [0.1, 0.15) is 0 Å². The van der Waals surface area contributed by atoms with Gasteiger partial charge in [-0.2, -0.15) is 0 Å². The molecular formula is C8H15NO2. The van der Waals surface area contributed by atoms with E-state index in [-0.39, 0.29) is 12.2 Å². The first kappa shape index (κ1) is 7.53. The van der Waals surface area contributed by atoms with Gasteiger partial charge in [-0.1, -0.05) is 0 Å². The van der Waals surface area contributed by atoms with Crippen LogP contribution in [0.25, 0.3) is 0 Å². The van der Waals surface area contributed by atoms with E-state index >= 15 is 0 Å². The summed E-state index contributed by atoms with van der Waals surface area (Å²) in [6.45, 7) is 2.48. The number of aliphatic hydroxyl groups is 2. The van der Waals surface area contributed by atoms with Gasteiger partial charge >= 0.3 is 0 Å².